The molecule has 0 bridgehead atoms. The Kier molecular flexibility index (Phi) is 4.99. The molecule has 1 saturated heterocycles. The summed E-state index contributed by atoms with van der Waals surface area (Å²) < 4.78 is 13.6. The molecule has 1 N–H and O–H groups in total. The molecule has 0 spiro atoms. The Morgan fingerprint density at radius 2 is 1.70 bits per heavy atom. The Balaban J connectivity index is 1.26. The van der Waals surface area contributed by atoms with E-state index in [0.717, 1.165) is 60.1 Å². The lowest BCUT2D eigenvalue weighted by Gasteiger charge is -2.34. The molecule has 0 radical (unpaired) electrons. The van der Waals surface area contributed by atoms with Crippen molar-refractivity contribution in [3.05, 3.63) is 60.8 Å². The summed E-state index contributed by atoms with van der Waals surface area (Å²) in [6.45, 7) is 5.40. The van der Waals surface area contributed by atoms with Crippen molar-refractivity contribution in [1.29, 1.82) is 0 Å². The normalized spacial score (nSPS) is 16.2. The van der Waals surface area contributed by atoms with Gasteiger partial charge in [0.25, 0.3) is 0 Å². The summed E-state index contributed by atoms with van der Waals surface area (Å²) in [7, 11) is 2.17. The van der Waals surface area contributed by atoms with Crippen molar-refractivity contribution in [3.63, 3.8) is 0 Å². The van der Waals surface area contributed by atoms with Gasteiger partial charge in [0.1, 0.15) is 13.2 Å². The van der Waals surface area contributed by atoms with Crippen molar-refractivity contribution in [1.82, 2.24) is 19.5 Å². The van der Waals surface area contributed by atoms with E-state index in [0.29, 0.717) is 19.2 Å². The van der Waals surface area contributed by atoms with Gasteiger partial charge in [0, 0.05) is 43.1 Å². The Morgan fingerprint density at radius 3 is 2.55 bits per heavy atom. The van der Waals surface area contributed by atoms with Crippen molar-refractivity contribution >= 4 is 22.8 Å². The quantitative estimate of drug-likeness (QED) is 0.517. The SMILES string of the molecule is CN1CCN(c2ccc(Nc3ncc4ccc(-c5cccc6c5OCCO6)n4n3)cc2)CC1. The number of nitrogens with zero attached hydrogens (tertiary/aromatic N) is 5. The van der Waals surface area contributed by atoms with Gasteiger partial charge in [0.15, 0.2) is 11.5 Å². The summed E-state index contributed by atoms with van der Waals surface area (Å²) in [5, 5.41) is 8.10. The van der Waals surface area contributed by atoms with E-state index < -0.39 is 0 Å². The number of nitrogens with one attached hydrogen (secondary N) is 1. The Labute approximate surface area is 192 Å². The molecule has 8 nitrogen and oxygen atoms in total. The summed E-state index contributed by atoms with van der Waals surface area (Å²) in [6.07, 6.45) is 1.82. The Hall–Kier alpha value is -3.78. The van der Waals surface area contributed by atoms with Crippen LogP contribution in [-0.4, -0.2) is 65.9 Å². The first kappa shape index (κ1) is 19.9. The van der Waals surface area contributed by atoms with Gasteiger partial charge in [-0.15, -0.1) is 5.10 Å². The molecule has 33 heavy (non-hydrogen) atoms. The van der Waals surface area contributed by atoms with Gasteiger partial charge in [0.2, 0.25) is 5.95 Å². The predicted octanol–water partition coefficient (Wildman–Crippen LogP) is 3.66. The van der Waals surface area contributed by atoms with Crippen LogP contribution in [-0.2, 0) is 0 Å². The molecule has 0 unspecified atom stereocenters. The molecule has 2 aromatic heterocycles. The van der Waals surface area contributed by atoms with Crippen LogP contribution in [0.25, 0.3) is 16.8 Å². The number of rotatable bonds is 4. The maximum absolute atomic E-state index is 5.92. The second kappa shape index (κ2) is 8.29. The second-order valence-corrected chi connectivity index (χ2v) is 8.43. The van der Waals surface area contributed by atoms with Crippen LogP contribution < -0.4 is 19.7 Å². The van der Waals surface area contributed by atoms with Gasteiger partial charge in [-0.3, -0.25) is 0 Å². The van der Waals surface area contributed by atoms with E-state index in [1.54, 1.807) is 0 Å². The molecule has 0 aliphatic carbocycles. The third-order valence-electron chi connectivity index (χ3n) is 6.23. The average Bonchev–Trinajstić information content (AvgIpc) is 3.28. The Morgan fingerprint density at radius 1 is 0.879 bits per heavy atom. The molecule has 168 valence electrons. The van der Waals surface area contributed by atoms with E-state index in [4.69, 9.17) is 14.6 Å². The minimum atomic E-state index is 0.536. The van der Waals surface area contributed by atoms with E-state index in [1.807, 2.05) is 41.0 Å². The molecule has 2 aliphatic rings. The molecular weight excluding hydrogens is 416 g/mol. The molecular formula is C25H26N6O2. The maximum Gasteiger partial charge on any atom is 0.245 e. The summed E-state index contributed by atoms with van der Waals surface area (Å²) in [4.78, 5) is 9.28. The predicted molar refractivity (Wildman–Crippen MR) is 129 cm³/mol. The standard InChI is InChI=1S/C25H26N6O2/c1-29-11-13-30(14-12-29)19-7-5-18(6-8-19)27-25-26-17-20-9-10-22(31(20)28-25)21-3-2-4-23-24(21)33-16-15-32-23/h2-10,17H,11-16H2,1H3,(H,27,28). The van der Waals surface area contributed by atoms with E-state index in [1.165, 1.54) is 5.69 Å². The van der Waals surface area contributed by atoms with E-state index >= 15 is 0 Å². The lowest BCUT2D eigenvalue weighted by atomic mass is 10.1. The molecule has 0 saturated carbocycles. The van der Waals surface area contributed by atoms with Crippen LogP contribution in [0.1, 0.15) is 0 Å². The van der Waals surface area contributed by atoms with Gasteiger partial charge in [-0.2, -0.15) is 0 Å². The number of piperazine rings is 1. The van der Waals surface area contributed by atoms with Gasteiger partial charge in [-0.1, -0.05) is 6.07 Å². The van der Waals surface area contributed by atoms with Gasteiger partial charge in [-0.05, 0) is 55.6 Å². The minimum Gasteiger partial charge on any atom is -0.486 e. The van der Waals surface area contributed by atoms with E-state index in [-0.39, 0.29) is 0 Å². The zero-order valence-electron chi connectivity index (χ0n) is 18.6. The minimum absolute atomic E-state index is 0.536. The third kappa shape index (κ3) is 3.82. The Bertz CT molecular complexity index is 1280. The van der Waals surface area contributed by atoms with Crippen LogP contribution >= 0.6 is 0 Å². The molecule has 2 aromatic carbocycles. The molecule has 2 aliphatic heterocycles. The highest BCUT2D eigenvalue weighted by atomic mass is 16.6. The van der Waals surface area contributed by atoms with Crippen LogP contribution in [0.5, 0.6) is 11.5 Å². The second-order valence-electron chi connectivity index (χ2n) is 8.43. The smallest absolute Gasteiger partial charge is 0.245 e. The highest BCUT2D eigenvalue weighted by molar-refractivity contribution is 5.75. The number of hydrogen-bond donors (Lipinski definition) is 1. The van der Waals surface area contributed by atoms with E-state index in [2.05, 4.69) is 51.4 Å². The van der Waals surface area contributed by atoms with Crippen molar-refractivity contribution < 1.29 is 9.47 Å². The fourth-order valence-electron chi connectivity index (χ4n) is 4.39. The number of hydrogen-bond acceptors (Lipinski definition) is 7. The lowest BCUT2D eigenvalue weighted by Crippen LogP contribution is -2.44. The molecule has 0 amide bonds. The monoisotopic (exact) mass is 442 g/mol. The number of anilines is 3. The molecule has 4 aromatic rings. The zero-order chi connectivity index (χ0) is 22.2. The van der Waals surface area contributed by atoms with Crippen molar-refractivity contribution in [2.24, 2.45) is 0 Å². The third-order valence-corrected chi connectivity index (χ3v) is 6.23. The fraction of sp³-hybridized carbons (Fsp3) is 0.280. The van der Waals surface area contributed by atoms with Gasteiger partial charge in [-0.25, -0.2) is 9.50 Å². The van der Waals surface area contributed by atoms with Crippen LogP contribution in [0.3, 0.4) is 0 Å². The molecule has 8 heteroatoms. The number of para-hydroxylation sites is 1. The molecule has 4 heterocycles. The summed E-state index contributed by atoms with van der Waals surface area (Å²) in [6, 6.07) is 18.4. The topological polar surface area (TPSA) is 67.2 Å². The number of aromatic nitrogens is 3. The number of likely N-dealkylation sites (N-methyl/N-ethyl adjacent to an activating group) is 1. The maximum atomic E-state index is 5.92. The van der Waals surface area contributed by atoms with Gasteiger partial charge < -0.3 is 24.6 Å². The average molecular weight is 443 g/mol. The van der Waals surface area contributed by atoms with Crippen LogP contribution in [0.2, 0.25) is 0 Å². The number of benzene rings is 2. The first-order chi connectivity index (χ1) is 16.2. The van der Waals surface area contributed by atoms with Crippen LogP contribution in [0, 0.1) is 0 Å². The summed E-state index contributed by atoms with van der Waals surface area (Å²) >= 11 is 0. The number of fused-ring (bicyclic) bond motifs is 2. The van der Waals surface area contributed by atoms with Crippen LogP contribution in [0.15, 0.2) is 60.8 Å². The largest absolute Gasteiger partial charge is 0.486 e. The highest BCUT2D eigenvalue weighted by Gasteiger charge is 2.19. The molecule has 1 fully saturated rings. The number of ether oxygens (including phenoxy) is 2. The van der Waals surface area contributed by atoms with Crippen LogP contribution in [0.4, 0.5) is 17.3 Å². The van der Waals surface area contributed by atoms with Crippen molar-refractivity contribution in [2.75, 3.05) is 56.7 Å². The molecule has 0 atom stereocenters. The summed E-state index contributed by atoms with van der Waals surface area (Å²) in [5.74, 6) is 2.06. The lowest BCUT2D eigenvalue weighted by molar-refractivity contribution is 0.172. The van der Waals surface area contributed by atoms with Crippen molar-refractivity contribution in [2.45, 2.75) is 0 Å². The van der Waals surface area contributed by atoms with E-state index in [9.17, 15) is 0 Å². The summed E-state index contributed by atoms with van der Waals surface area (Å²) in [5.41, 5.74) is 5.00. The van der Waals surface area contributed by atoms with Crippen molar-refractivity contribution in [3.8, 4) is 22.8 Å². The van der Waals surface area contributed by atoms with Gasteiger partial charge >= 0.3 is 0 Å². The van der Waals surface area contributed by atoms with Gasteiger partial charge in [0.05, 0.1) is 17.4 Å². The highest BCUT2D eigenvalue weighted by Crippen LogP contribution is 2.40. The zero-order valence-corrected chi connectivity index (χ0v) is 18.6. The first-order valence-electron chi connectivity index (χ1n) is 11.3. The fourth-order valence-corrected chi connectivity index (χ4v) is 4.39. The first-order valence-corrected chi connectivity index (χ1v) is 11.3. The molecule has 6 rings (SSSR count).